The topological polar surface area (TPSA) is 70.9 Å². The number of aromatic nitrogens is 2. The van der Waals surface area contributed by atoms with Crippen LogP contribution in [0.2, 0.25) is 0 Å². The molecule has 5 nitrogen and oxygen atoms in total. The van der Waals surface area contributed by atoms with Crippen LogP contribution in [0.1, 0.15) is 46.8 Å². The Labute approximate surface area is 140 Å². The molecule has 4 rings (SSSR count). The average Bonchev–Trinajstić information content (AvgIpc) is 3.03. The first-order chi connectivity index (χ1) is 11.6. The standard InChI is InChI=1S/C19H21N3O2/c1-11-6-14-13(8-19(23)24-18(14)7-12(11)2)9-20-16-4-3-5-17-15(16)10-21-22-17/h6-8,10,16,20H,3-5,9H2,1-2H3,(H,21,22). The van der Waals surface area contributed by atoms with Gasteiger partial charge in [0, 0.05) is 35.3 Å². The van der Waals surface area contributed by atoms with Crippen LogP contribution >= 0.6 is 0 Å². The van der Waals surface area contributed by atoms with Gasteiger partial charge in [0.15, 0.2) is 0 Å². The molecule has 0 saturated heterocycles. The number of hydrogen-bond acceptors (Lipinski definition) is 4. The second-order valence-corrected chi connectivity index (χ2v) is 6.65. The number of hydrogen-bond donors (Lipinski definition) is 2. The summed E-state index contributed by atoms with van der Waals surface area (Å²) >= 11 is 0. The lowest BCUT2D eigenvalue weighted by Gasteiger charge is -2.23. The monoisotopic (exact) mass is 323 g/mol. The maximum atomic E-state index is 11.9. The maximum Gasteiger partial charge on any atom is 0.336 e. The molecule has 1 unspecified atom stereocenters. The van der Waals surface area contributed by atoms with E-state index in [1.54, 1.807) is 6.07 Å². The summed E-state index contributed by atoms with van der Waals surface area (Å²) < 4.78 is 5.38. The Morgan fingerprint density at radius 3 is 3.00 bits per heavy atom. The van der Waals surface area contributed by atoms with Gasteiger partial charge < -0.3 is 9.73 Å². The number of nitrogens with one attached hydrogen (secondary N) is 2. The lowest BCUT2D eigenvalue weighted by Crippen LogP contribution is -2.24. The summed E-state index contributed by atoms with van der Waals surface area (Å²) in [6.45, 7) is 4.75. The Hall–Kier alpha value is -2.40. The molecule has 24 heavy (non-hydrogen) atoms. The van der Waals surface area contributed by atoms with E-state index < -0.39 is 0 Å². The van der Waals surface area contributed by atoms with Gasteiger partial charge in [-0.3, -0.25) is 5.10 Å². The first kappa shape index (κ1) is 15.1. The van der Waals surface area contributed by atoms with Gasteiger partial charge in [-0.1, -0.05) is 0 Å². The van der Waals surface area contributed by atoms with E-state index >= 15 is 0 Å². The van der Waals surface area contributed by atoms with Crippen LogP contribution in [0.3, 0.4) is 0 Å². The van der Waals surface area contributed by atoms with Crippen LogP contribution in [0.15, 0.2) is 33.6 Å². The molecule has 3 aromatic rings. The van der Waals surface area contributed by atoms with E-state index in [2.05, 4.69) is 28.5 Å². The Morgan fingerprint density at radius 1 is 1.29 bits per heavy atom. The summed E-state index contributed by atoms with van der Waals surface area (Å²) in [5.74, 6) is 0. The molecule has 2 N–H and O–H groups in total. The third-order valence-corrected chi connectivity index (χ3v) is 5.03. The van der Waals surface area contributed by atoms with E-state index in [0.29, 0.717) is 12.1 Å². The number of fused-ring (bicyclic) bond motifs is 2. The third-order valence-electron chi connectivity index (χ3n) is 5.03. The Morgan fingerprint density at radius 2 is 2.12 bits per heavy atom. The minimum atomic E-state index is -0.296. The van der Waals surface area contributed by atoms with E-state index in [-0.39, 0.29) is 11.7 Å². The smallest absolute Gasteiger partial charge is 0.336 e. The average molecular weight is 323 g/mol. The molecule has 0 bridgehead atoms. The van der Waals surface area contributed by atoms with Gasteiger partial charge in [0.25, 0.3) is 0 Å². The van der Waals surface area contributed by atoms with E-state index in [4.69, 9.17) is 4.42 Å². The number of nitrogens with zero attached hydrogens (tertiary/aromatic N) is 1. The summed E-state index contributed by atoms with van der Waals surface area (Å²) in [5, 5.41) is 11.8. The van der Waals surface area contributed by atoms with Gasteiger partial charge in [-0.25, -0.2) is 4.79 Å². The first-order valence-corrected chi connectivity index (χ1v) is 8.41. The van der Waals surface area contributed by atoms with Gasteiger partial charge >= 0.3 is 5.63 Å². The molecule has 1 aliphatic rings. The van der Waals surface area contributed by atoms with Crippen LogP contribution in [0.5, 0.6) is 0 Å². The van der Waals surface area contributed by atoms with Gasteiger partial charge in [-0.05, 0) is 61.9 Å². The third kappa shape index (κ3) is 2.65. The van der Waals surface area contributed by atoms with Crippen LogP contribution in [0.25, 0.3) is 11.0 Å². The van der Waals surface area contributed by atoms with Gasteiger partial charge in [0.1, 0.15) is 5.58 Å². The number of rotatable bonds is 3. The van der Waals surface area contributed by atoms with Crippen LogP contribution in [0.4, 0.5) is 0 Å². The summed E-state index contributed by atoms with van der Waals surface area (Å²) in [6, 6.07) is 5.93. The Kier molecular flexibility index (Phi) is 3.73. The van der Waals surface area contributed by atoms with Crippen molar-refractivity contribution in [2.45, 2.75) is 45.7 Å². The molecule has 0 amide bonds. The van der Waals surface area contributed by atoms with Gasteiger partial charge in [-0.15, -0.1) is 0 Å². The van der Waals surface area contributed by atoms with Crippen molar-refractivity contribution in [3.8, 4) is 0 Å². The lowest BCUT2D eigenvalue weighted by atomic mass is 9.93. The van der Waals surface area contributed by atoms with Crippen molar-refractivity contribution in [2.75, 3.05) is 0 Å². The predicted octanol–water partition coefficient (Wildman–Crippen LogP) is 3.30. The predicted molar refractivity (Wildman–Crippen MR) is 93.1 cm³/mol. The van der Waals surface area contributed by atoms with Crippen molar-refractivity contribution in [2.24, 2.45) is 0 Å². The summed E-state index contributed by atoms with van der Waals surface area (Å²) in [4.78, 5) is 11.9. The second-order valence-electron chi connectivity index (χ2n) is 6.65. The van der Waals surface area contributed by atoms with Gasteiger partial charge in [0.05, 0.1) is 6.20 Å². The molecule has 0 saturated carbocycles. The highest BCUT2D eigenvalue weighted by molar-refractivity contribution is 5.81. The summed E-state index contributed by atoms with van der Waals surface area (Å²) in [7, 11) is 0. The number of aryl methyl sites for hydroxylation is 3. The minimum Gasteiger partial charge on any atom is -0.423 e. The fourth-order valence-corrected chi connectivity index (χ4v) is 3.54. The zero-order valence-electron chi connectivity index (χ0n) is 14.0. The van der Waals surface area contributed by atoms with Crippen molar-refractivity contribution in [1.82, 2.24) is 15.5 Å². The highest BCUT2D eigenvalue weighted by Gasteiger charge is 2.21. The molecule has 1 aliphatic carbocycles. The summed E-state index contributed by atoms with van der Waals surface area (Å²) in [5.41, 5.74) is 6.16. The molecule has 1 aromatic carbocycles. The van der Waals surface area contributed by atoms with E-state index in [9.17, 15) is 4.79 Å². The zero-order valence-corrected chi connectivity index (χ0v) is 14.0. The molecule has 0 spiro atoms. The molecule has 2 aromatic heterocycles. The van der Waals surface area contributed by atoms with Crippen molar-refractivity contribution >= 4 is 11.0 Å². The highest BCUT2D eigenvalue weighted by Crippen LogP contribution is 2.29. The largest absolute Gasteiger partial charge is 0.423 e. The van der Waals surface area contributed by atoms with Crippen LogP contribution < -0.4 is 10.9 Å². The van der Waals surface area contributed by atoms with Crippen molar-refractivity contribution < 1.29 is 4.42 Å². The van der Waals surface area contributed by atoms with Crippen molar-refractivity contribution in [3.05, 3.63) is 62.8 Å². The molecule has 1 atom stereocenters. The molecule has 0 radical (unpaired) electrons. The highest BCUT2D eigenvalue weighted by atomic mass is 16.4. The zero-order chi connectivity index (χ0) is 16.7. The Bertz CT molecular complexity index is 955. The normalized spacial score (nSPS) is 17.2. The van der Waals surface area contributed by atoms with E-state index in [1.165, 1.54) is 16.8 Å². The number of aromatic amines is 1. The SMILES string of the molecule is Cc1cc2oc(=O)cc(CNC3CCCc4[nH]ncc43)c2cc1C. The maximum absolute atomic E-state index is 11.9. The summed E-state index contributed by atoms with van der Waals surface area (Å²) in [6.07, 6.45) is 5.20. The lowest BCUT2D eigenvalue weighted by molar-refractivity contribution is 0.457. The number of benzene rings is 1. The van der Waals surface area contributed by atoms with Crippen molar-refractivity contribution in [1.29, 1.82) is 0 Å². The molecule has 0 aliphatic heterocycles. The quantitative estimate of drug-likeness (QED) is 0.726. The molecule has 124 valence electrons. The fraction of sp³-hybridized carbons (Fsp3) is 0.368. The number of H-pyrrole nitrogens is 1. The molecular weight excluding hydrogens is 302 g/mol. The second kappa shape index (κ2) is 5.91. The van der Waals surface area contributed by atoms with E-state index in [1.807, 2.05) is 19.2 Å². The van der Waals surface area contributed by atoms with Crippen LogP contribution in [-0.2, 0) is 13.0 Å². The van der Waals surface area contributed by atoms with Crippen LogP contribution in [0, 0.1) is 13.8 Å². The van der Waals surface area contributed by atoms with Crippen molar-refractivity contribution in [3.63, 3.8) is 0 Å². The van der Waals surface area contributed by atoms with Gasteiger partial charge in [0.2, 0.25) is 0 Å². The molecular formula is C19H21N3O2. The Balaban J connectivity index is 1.66. The molecule has 5 heteroatoms. The molecule has 2 heterocycles. The van der Waals surface area contributed by atoms with E-state index in [0.717, 1.165) is 35.8 Å². The molecule has 0 fully saturated rings. The van der Waals surface area contributed by atoms with Crippen LogP contribution in [-0.4, -0.2) is 10.2 Å². The van der Waals surface area contributed by atoms with Gasteiger partial charge in [-0.2, -0.15) is 5.10 Å². The first-order valence-electron chi connectivity index (χ1n) is 8.41. The fourth-order valence-electron chi connectivity index (χ4n) is 3.54. The minimum absolute atomic E-state index is 0.279.